The van der Waals surface area contributed by atoms with Crippen LogP contribution in [0.3, 0.4) is 0 Å². The van der Waals surface area contributed by atoms with Crippen LogP contribution in [0.2, 0.25) is 0 Å². The van der Waals surface area contributed by atoms with E-state index in [0.717, 1.165) is 10.6 Å². The largest absolute Gasteiger partial charge is 0.481 e. The number of aromatic nitrogens is 2. The van der Waals surface area contributed by atoms with E-state index in [2.05, 4.69) is 9.97 Å². The number of carbonyl (C=O) groups is 1. The lowest BCUT2D eigenvalue weighted by Crippen LogP contribution is -2.00. The summed E-state index contributed by atoms with van der Waals surface area (Å²) in [6, 6.07) is 3.60. The number of halogens is 1. The van der Waals surface area contributed by atoms with Gasteiger partial charge in [0.15, 0.2) is 5.78 Å². The molecule has 0 fully saturated rings. The molecular formula is C11H9ClN2O2S. The summed E-state index contributed by atoms with van der Waals surface area (Å²) in [6.07, 6.45) is 1.66. The topological polar surface area (TPSA) is 52.1 Å². The third-order valence-electron chi connectivity index (χ3n) is 2.10. The van der Waals surface area contributed by atoms with Crippen molar-refractivity contribution in [3.63, 3.8) is 0 Å². The minimum Gasteiger partial charge on any atom is -0.481 e. The van der Waals surface area contributed by atoms with E-state index < -0.39 is 0 Å². The van der Waals surface area contributed by atoms with Gasteiger partial charge in [0.05, 0.1) is 13.0 Å². The number of carbonyl (C=O) groups excluding carboxylic acids is 1. The van der Waals surface area contributed by atoms with E-state index in [1.807, 2.05) is 6.07 Å². The van der Waals surface area contributed by atoms with E-state index in [-0.39, 0.29) is 11.7 Å². The van der Waals surface area contributed by atoms with E-state index in [1.54, 1.807) is 24.8 Å². The molecule has 6 heteroatoms. The van der Waals surface area contributed by atoms with Crippen molar-refractivity contribution in [2.45, 2.75) is 0 Å². The molecule has 0 unspecified atom stereocenters. The van der Waals surface area contributed by atoms with Crippen molar-refractivity contribution >= 4 is 28.7 Å². The Balaban J connectivity index is 2.27. The number of methoxy groups -OCH3 is 1. The molecule has 0 atom stereocenters. The van der Waals surface area contributed by atoms with Crippen molar-refractivity contribution in [1.29, 1.82) is 0 Å². The molecule has 0 amide bonds. The number of hydrogen-bond donors (Lipinski definition) is 0. The SMILES string of the molecule is COc1ccc(-c2nc(C(=O)CCl)cs2)cn1. The molecule has 0 saturated heterocycles. The van der Waals surface area contributed by atoms with Crippen LogP contribution in [0.25, 0.3) is 10.6 Å². The predicted octanol–water partition coefficient (Wildman–Crippen LogP) is 2.64. The molecule has 2 heterocycles. The molecule has 0 aromatic carbocycles. The number of hydrogen-bond acceptors (Lipinski definition) is 5. The first-order valence-corrected chi connectivity index (χ1v) is 6.21. The zero-order valence-electron chi connectivity index (χ0n) is 9.01. The Kier molecular flexibility index (Phi) is 3.71. The fourth-order valence-corrected chi connectivity index (χ4v) is 2.18. The average Bonchev–Trinajstić information content (AvgIpc) is 2.87. The van der Waals surface area contributed by atoms with E-state index in [4.69, 9.17) is 16.3 Å². The summed E-state index contributed by atoms with van der Waals surface area (Å²) in [7, 11) is 1.56. The standard InChI is InChI=1S/C11H9ClN2O2S/c1-16-10-3-2-7(5-13-10)11-14-8(6-17-11)9(15)4-12/h2-3,5-6H,4H2,1H3. The molecule has 0 aliphatic carbocycles. The molecule has 0 aliphatic heterocycles. The molecule has 2 rings (SSSR count). The smallest absolute Gasteiger partial charge is 0.212 e. The number of Topliss-reactive ketones (excluding diaryl/α,β-unsaturated/α-hetero) is 1. The Morgan fingerprint density at radius 2 is 2.35 bits per heavy atom. The third kappa shape index (κ3) is 2.62. The second-order valence-corrected chi connectivity index (χ2v) is 4.31. The van der Waals surface area contributed by atoms with Gasteiger partial charge < -0.3 is 4.74 Å². The van der Waals surface area contributed by atoms with Crippen LogP contribution in [0.5, 0.6) is 5.88 Å². The average molecular weight is 269 g/mol. The maximum Gasteiger partial charge on any atom is 0.212 e. The highest BCUT2D eigenvalue weighted by Crippen LogP contribution is 2.24. The monoisotopic (exact) mass is 268 g/mol. The minimum atomic E-state index is -0.171. The lowest BCUT2D eigenvalue weighted by atomic mass is 10.3. The molecule has 0 spiro atoms. The van der Waals surface area contributed by atoms with E-state index in [9.17, 15) is 4.79 Å². The maximum absolute atomic E-state index is 11.3. The van der Waals surface area contributed by atoms with Crippen LogP contribution in [-0.2, 0) is 0 Å². The quantitative estimate of drug-likeness (QED) is 0.632. The zero-order chi connectivity index (χ0) is 12.3. The molecule has 0 N–H and O–H groups in total. The van der Waals surface area contributed by atoms with Gasteiger partial charge >= 0.3 is 0 Å². The Morgan fingerprint density at radius 1 is 1.53 bits per heavy atom. The Hall–Kier alpha value is -1.46. The highest BCUT2D eigenvalue weighted by Gasteiger charge is 2.10. The molecule has 0 saturated carbocycles. The van der Waals surface area contributed by atoms with Gasteiger partial charge in [0.25, 0.3) is 0 Å². The second kappa shape index (κ2) is 5.25. The third-order valence-corrected chi connectivity index (χ3v) is 3.24. The molecule has 0 radical (unpaired) electrons. The highest BCUT2D eigenvalue weighted by atomic mass is 35.5. The number of rotatable bonds is 4. The van der Waals surface area contributed by atoms with Gasteiger partial charge in [0.2, 0.25) is 5.88 Å². The lowest BCUT2D eigenvalue weighted by molar-refractivity contribution is 0.101. The first-order chi connectivity index (χ1) is 8.24. The molecule has 0 bridgehead atoms. The van der Waals surface area contributed by atoms with E-state index in [0.29, 0.717) is 11.6 Å². The van der Waals surface area contributed by atoms with Gasteiger partial charge in [0, 0.05) is 23.2 Å². The molecule has 4 nitrogen and oxygen atoms in total. The lowest BCUT2D eigenvalue weighted by Gasteiger charge is -1.98. The van der Waals surface area contributed by atoms with Gasteiger partial charge in [-0.05, 0) is 6.07 Å². The predicted molar refractivity (Wildman–Crippen MR) is 66.9 cm³/mol. The van der Waals surface area contributed by atoms with Gasteiger partial charge in [-0.3, -0.25) is 4.79 Å². The summed E-state index contributed by atoms with van der Waals surface area (Å²) in [6.45, 7) is 0. The van der Waals surface area contributed by atoms with Crippen LogP contribution in [0.4, 0.5) is 0 Å². The van der Waals surface area contributed by atoms with Crippen LogP contribution in [0.15, 0.2) is 23.7 Å². The summed E-state index contributed by atoms with van der Waals surface area (Å²) in [5.41, 5.74) is 1.25. The van der Waals surface area contributed by atoms with Gasteiger partial charge in [-0.15, -0.1) is 22.9 Å². The fourth-order valence-electron chi connectivity index (χ4n) is 1.23. The van der Waals surface area contributed by atoms with E-state index in [1.165, 1.54) is 11.3 Å². The van der Waals surface area contributed by atoms with Crippen molar-refractivity contribution < 1.29 is 9.53 Å². The minimum absolute atomic E-state index is 0.0516. The first-order valence-electron chi connectivity index (χ1n) is 4.79. The van der Waals surface area contributed by atoms with Gasteiger partial charge in [0.1, 0.15) is 10.7 Å². The zero-order valence-corrected chi connectivity index (χ0v) is 10.6. The van der Waals surface area contributed by atoms with Gasteiger partial charge in [-0.2, -0.15) is 0 Å². The van der Waals surface area contributed by atoms with Crippen molar-refractivity contribution in [1.82, 2.24) is 9.97 Å². The molecule has 17 heavy (non-hydrogen) atoms. The molecule has 0 aliphatic rings. The highest BCUT2D eigenvalue weighted by molar-refractivity contribution is 7.13. The molecular weight excluding hydrogens is 260 g/mol. The number of ketones is 1. The van der Waals surface area contributed by atoms with Gasteiger partial charge in [-0.1, -0.05) is 0 Å². The summed E-state index contributed by atoms with van der Waals surface area (Å²) < 4.78 is 4.97. The Bertz CT molecular complexity index is 525. The van der Waals surface area contributed by atoms with E-state index >= 15 is 0 Å². The second-order valence-electron chi connectivity index (χ2n) is 3.18. The number of thiazole rings is 1. The fraction of sp³-hybridized carbons (Fsp3) is 0.182. The van der Waals surface area contributed by atoms with Gasteiger partial charge in [-0.25, -0.2) is 9.97 Å². The van der Waals surface area contributed by atoms with Crippen LogP contribution in [0, 0.1) is 0 Å². The Morgan fingerprint density at radius 3 is 2.94 bits per heavy atom. The Labute approximate surface area is 107 Å². The van der Waals surface area contributed by atoms with Crippen LogP contribution in [0.1, 0.15) is 10.5 Å². The molecule has 2 aromatic heterocycles. The van der Waals surface area contributed by atoms with Crippen molar-refractivity contribution in [2.75, 3.05) is 13.0 Å². The first kappa shape index (κ1) is 12.0. The van der Waals surface area contributed by atoms with Crippen molar-refractivity contribution in [3.8, 4) is 16.5 Å². The summed E-state index contributed by atoms with van der Waals surface area (Å²) in [5.74, 6) is 0.322. The van der Waals surface area contributed by atoms with Crippen LogP contribution < -0.4 is 4.74 Å². The number of ether oxygens (including phenoxy) is 1. The summed E-state index contributed by atoms with van der Waals surface area (Å²) in [5, 5.41) is 2.44. The number of nitrogens with zero attached hydrogens (tertiary/aromatic N) is 2. The van der Waals surface area contributed by atoms with Crippen molar-refractivity contribution in [3.05, 3.63) is 29.4 Å². The number of pyridine rings is 1. The molecule has 88 valence electrons. The normalized spacial score (nSPS) is 10.2. The van der Waals surface area contributed by atoms with Crippen LogP contribution >= 0.6 is 22.9 Å². The molecule has 2 aromatic rings. The summed E-state index contributed by atoms with van der Waals surface area (Å²) >= 11 is 6.86. The number of alkyl halides is 1. The maximum atomic E-state index is 11.3. The summed E-state index contributed by atoms with van der Waals surface area (Å²) in [4.78, 5) is 19.6. The van der Waals surface area contributed by atoms with Crippen LogP contribution in [-0.4, -0.2) is 28.7 Å². The van der Waals surface area contributed by atoms with Crippen molar-refractivity contribution in [2.24, 2.45) is 0 Å².